The maximum atomic E-state index is 13.1. The first-order chi connectivity index (χ1) is 9.20. The molecule has 1 heterocycles. The van der Waals surface area contributed by atoms with Crippen LogP contribution in [0.1, 0.15) is 23.8 Å². The van der Waals surface area contributed by atoms with Crippen LogP contribution in [0.4, 0.5) is 4.39 Å². The van der Waals surface area contributed by atoms with Crippen molar-refractivity contribution in [3.8, 4) is 0 Å². The molecule has 0 radical (unpaired) electrons. The number of halogens is 2. The summed E-state index contributed by atoms with van der Waals surface area (Å²) in [5, 5.41) is 12.8. The molecule has 0 unspecified atom stereocenters. The molecule has 1 aromatic carbocycles. The van der Waals surface area contributed by atoms with Crippen LogP contribution >= 0.6 is 11.6 Å². The minimum absolute atomic E-state index is 0.0370. The maximum Gasteiger partial charge on any atom is 0.123 e. The second kappa shape index (κ2) is 6.70. The molecule has 0 amide bonds. The van der Waals surface area contributed by atoms with Crippen molar-refractivity contribution < 1.29 is 13.9 Å². The van der Waals surface area contributed by atoms with E-state index in [0.29, 0.717) is 23.6 Å². The van der Waals surface area contributed by atoms with Crippen molar-refractivity contribution in [3.63, 3.8) is 0 Å². The molecule has 0 aliphatic rings. The van der Waals surface area contributed by atoms with Gasteiger partial charge < -0.3 is 14.8 Å². The third-order valence-corrected chi connectivity index (χ3v) is 3.22. The lowest BCUT2D eigenvalue weighted by atomic mass is 10.1. The van der Waals surface area contributed by atoms with E-state index >= 15 is 0 Å². The van der Waals surface area contributed by atoms with E-state index in [1.807, 2.05) is 6.07 Å². The topological polar surface area (TPSA) is 45.4 Å². The van der Waals surface area contributed by atoms with Gasteiger partial charge in [-0.3, -0.25) is 0 Å². The summed E-state index contributed by atoms with van der Waals surface area (Å²) in [6.45, 7) is 0.442. The Hall–Kier alpha value is -1.36. The van der Waals surface area contributed by atoms with Crippen LogP contribution < -0.4 is 5.32 Å². The lowest BCUT2D eigenvalue weighted by Crippen LogP contribution is -2.21. The van der Waals surface area contributed by atoms with Gasteiger partial charge in [0.25, 0.3) is 0 Å². The fraction of sp³-hybridized carbons (Fsp3) is 0.286. The molecule has 0 fully saturated rings. The summed E-state index contributed by atoms with van der Waals surface area (Å²) in [6, 6.07) is 7.75. The lowest BCUT2D eigenvalue weighted by molar-refractivity contribution is 0.254. The molecule has 3 nitrogen and oxygen atoms in total. The van der Waals surface area contributed by atoms with Gasteiger partial charge in [-0.2, -0.15) is 0 Å². The summed E-state index contributed by atoms with van der Waals surface area (Å²) >= 11 is 6.00. The number of aliphatic hydroxyl groups excluding tert-OH is 1. The Labute approximate surface area is 116 Å². The van der Waals surface area contributed by atoms with Crippen molar-refractivity contribution in [2.75, 3.05) is 6.61 Å². The Morgan fingerprint density at radius 2 is 2.21 bits per heavy atom. The third-order valence-electron chi connectivity index (χ3n) is 2.85. The average Bonchev–Trinajstić information content (AvgIpc) is 2.92. The van der Waals surface area contributed by atoms with Gasteiger partial charge in [-0.05, 0) is 42.3 Å². The molecule has 2 rings (SSSR count). The predicted molar refractivity (Wildman–Crippen MR) is 71.4 cm³/mol. The van der Waals surface area contributed by atoms with Gasteiger partial charge in [0.2, 0.25) is 0 Å². The minimum Gasteiger partial charge on any atom is -0.468 e. The molecule has 2 N–H and O–H groups in total. The molecule has 0 bridgehead atoms. The first-order valence-electron chi connectivity index (χ1n) is 6.02. The Bertz CT molecular complexity index is 516. The molecule has 19 heavy (non-hydrogen) atoms. The molecule has 5 heteroatoms. The Kier molecular flexibility index (Phi) is 4.96. The second-order valence-electron chi connectivity index (χ2n) is 4.20. The van der Waals surface area contributed by atoms with Gasteiger partial charge in [0, 0.05) is 18.2 Å². The van der Waals surface area contributed by atoms with Crippen molar-refractivity contribution in [1.82, 2.24) is 5.32 Å². The average molecular weight is 284 g/mol. The van der Waals surface area contributed by atoms with Crippen molar-refractivity contribution >= 4 is 11.6 Å². The monoisotopic (exact) mass is 283 g/mol. The van der Waals surface area contributed by atoms with Crippen LogP contribution in [0.5, 0.6) is 0 Å². The SMILES string of the molecule is OCC[C@H](NCc1cc(F)ccc1Cl)c1ccco1. The number of nitrogens with one attached hydrogen (secondary N) is 1. The Balaban J connectivity index is 2.04. The van der Waals surface area contributed by atoms with Crippen molar-refractivity contribution in [2.45, 2.75) is 19.0 Å². The van der Waals surface area contributed by atoms with E-state index in [1.165, 1.54) is 18.2 Å². The highest BCUT2D eigenvalue weighted by Gasteiger charge is 2.14. The van der Waals surface area contributed by atoms with Gasteiger partial charge in [0.1, 0.15) is 11.6 Å². The van der Waals surface area contributed by atoms with Gasteiger partial charge in [0.15, 0.2) is 0 Å². The summed E-state index contributed by atoms with van der Waals surface area (Å²) in [7, 11) is 0. The first-order valence-corrected chi connectivity index (χ1v) is 6.40. The van der Waals surface area contributed by atoms with E-state index < -0.39 is 0 Å². The van der Waals surface area contributed by atoms with Gasteiger partial charge in [-0.1, -0.05) is 11.6 Å². The standard InChI is InChI=1S/C14H15ClFNO2/c15-12-4-3-11(16)8-10(12)9-17-13(5-6-18)14-2-1-7-19-14/h1-4,7-8,13,17-18H,5-6,9H2/t13-/m0/s1. The van der Waals surface area contributed by atoms with E-state index in [4.69, 9.17) is 21.1 Å². The van der Waals surface area contributed by atoms with Crippen molar-refractivity contribution in [1.29, 1.82) is 0 Å². The molecule has 2 aromatic rings. The fourth-order valence-electron chi connectivity index (χ4n) is 1.88. The van der Waals surface area contributed by atoms with Gasteiger partial charge in [0.05, 0.1) is 12.3 Å². The lowest BCUT2D eigenvalue weighted by Gasteiger charge is -2.16. The third kappa shape index (κ3) is 3.80. The van der Waals surface area contributed by atoms with Crippen LogP contribution in [0.3, 0.4) is 0 Å². The molecule has 0 aliphatic heterocycles. The minimum atomic E-state index is -0.321. The molecule has 0 saturated heterocycles. The number of benzene rings is 1. The number of furan rings is 1. The zero-order chi connectivity index (χ0) is 13.7. The second-order valence-corrected chi connectivity index (χ2v) is 4.60. The van der Waals surface area contributed by atoms with Crippen LogP contribution in [0.15, 0.2) is 41.0 Å². The number of rotatable bonds is 6. The summed E-state index contributed by atoms with van der Waals surface area (Å²) in [6.07, 6.45) is 2.09. The summed E-state index contributed by atoms with van der Waals surface area (Å²) in [4.78, 5) is 0. The summed E-state index contributed by atoms with van der Waals surface area (Å²) < 4.78 is 18.5. The fourth-order valence-corrected chi connectivity index (χ4v) is 2.06. The van der Waals surface area contributed by atoms with E-state index in [9.17, 15) is 4.39 Å². The highest BCUT2D eigenvalue weighted by Crippen LogP contribution is 2.21. The molecule has 102 valence electrons. The summed E-state index contributed by atoms with van der Waals surface area (Å²) in [5.74, 6) is 0.416. The zero-order valence-corrected chi connectivity index (χ0v) is 11.0. The maximum absolute atomic E-state index is 13.1. The van der Waals surface area contributed by atoms with Gasteiger partial charge in [-0.25, -0.2) is 4.39 Å². The van der Waals surface area contributed by atoms with Crippen LogP contribution in [0, 0.1) is 5.82 Å². The van der Waals surface area contributed by atoms with E-state index in [1.54, 1.807) is 12.3 Å². The van der Waals surface area contributed by atoms with Crippen molar-refractivity contribution in [3.05, 3.63) is 58.8 Å². The molecule has 0 aliphatic carbocycles. The quantitative estimate of drug-likeness (QED) is 0.855. The van der Waals surface area contributed by atoms with E-state index in [2.05, 4.69) is 5.32 Å². The number of aliphatic hydroxyl groups is 1. The molecular formula is C14H15ClFNO2. The Morgan fingerprint density at radius 3 is 2.89 bits per heavy atom. The zero-order valence-electron chi connectivity index (χ0n) is 10.3. The van der Waals surface area contributed by atoms with Crippen molar-refractivity contribution in [2.24, 2.45) is 0 Å². The van der Waals surface area contributed by atoms with Gasteiger partial charge in [-0.15, -0.1) is 0 Å². The highest BCUT2D eigenvalue weighted by molar-refractivity contribution is 6.31. The number of hydrogen-bond acceptors (Lipinski definition) is 3. The molecule has 1 aromatic heterocycles. The first kappa shape index (κ1) is 14.1. The van der Waals surface area contributed by atoms with Crippen LogP contribution in [-0.4, -0.2) is 11.7 Å². The summed E-state index contributed by atoms with van der Waals surface area (Å²) in [5.41, 5.74) is 0.677. The number of hydrogen-bond donors (Lipinski definition) is 2. The largest absolute Gasteiger partial charge is 0.468 e. The normalized spacial score (nSPS) is 12.6. The van der Waals surface area contributed by atoms with Crippen LogP contribution in [0.2, 0.25) is 5.02 Å². The molecular weight excluding hydrogens is 269 g/mol. The van der Waals surface area contributed by atoms with Gasteiger partial charge >= 0.3 is 0 Å². The molecule has 1 atom stereocenters. The van der Waals surface area contributed by atoms with E-state index in [-0.39, 0.29) is 18.5 Å². The molecule has 0 saturated carbocycles. The smallest absolute Gasteiger partial charge is 0.123 e. The van der Waals surface area contributed by atoms with Crippen LogP contribution in [0.25, 0.3) is 0 Å². The van der Waals surface area contributed by atoms with Crippen LogP contribution in [-0.2, 0) is 6.54 Å². The Morgan fingerprint density at radius 1 is 1.37 bits per heavy atom. The highest BCUT2D eigenvalue weighted by atomic mass is 35.5. The molecule has 0 spiro atoms. The predicted octanol–water partition coefficient (Wildman–Crippen LogP) is 3.29. The van der Waals surface area contributed by atoms with E-state index in [0.717, 1.165) is 5.76 Å².